The Hall–Kier alpha value is -3.15. The Balaban J connectivity index is 1.68. The van der Waals surface area contributed by atoms with E-state index in [-0.39, 0.29) is 6.04 Å². The Bertz CT molecular complexity index is 1080. The van der Waals surface area contributed by atoms with Crippen molar-refractivity contribution in [2.45, 2.75) is 26.3 Å². The molecule has 0 fully saturated rings. The van der Waals surface area contributed by atoms with Crippen LogP contribution in [0.5, 0.6) is 0 Å². The molecular formula is C20H20N6. The van der Waals surface area contributed by atoms with Gasteiger partial charge in [-0.15, -0.1) is 0 Å². The predicted molar refractivity (Wildman–Crippen MR) is 100 cm³/mol. The first-order chi connectivity index (χ1) is 12.7. The summed E-state index contributed by atoms with van der Waals surface area (Å²) in [6.07, 6.45) is 4.62. The van der Waals surface area contributed by atoms with Gasteiger partial charge in [-0.1, -0.05) is 12.1 Å². The number of hydrogen-bond acceptors (Lipinski definition) is 4. The van der Waals surface area contributed by atoms with Gasteiger partial charge in [0.2, 0.25) is 0 Å². The van der Waals surface area contributed by atoms with E-state index >= 15 is 0 Å². The molecule has 5 heterocycles. The number of imidazole rings is 1. The molecule has 6 nitrogen and oxygen atoms in total. The monoisotopic (exact) mass is 344 g/mol. The minimum atomic E-state index is -0.0421. The zero-order chi connectivity index (χ0) is 17.7. The van der Waals surface area contributed by atoms with Crippen LogP contribution in [0.1, 0.15) is 34.4 Å². The van der Waals surface area contributed by atoms with Crippen LogP contribution in [0.4, 0.5) is 5.82 Å². The normalized spacial score (nSPS) is 16.8. The molecule has 0 saturated carbocycles. The van der Waals surface area contributed by atoms with E-state index in [1.165, 1.54) is 5.69 Å². The molecule has 5 rings (SSSR count). The highest BCUT2D eigenvalue weighted by Gasteiger charge is 2.33. The van der Waals surface area contributed by atoms with Crippen molar-refractivity contribution in [3.8, 4) is 0 Å². The van der Waals surface area contributed by atoms with Crippen molar-refractivity contribution in [1.82, 2.24) is 24.6 Å². The SMILES string of the molecule is Cc1ccc(N2CCc3[nH]cnc3[C@H]2c2cc3cccc(C)n3n2)nc1. The van der Waals surface area contributed by atoms with E-state index in [4.69, 9.17) is 5.10 Å². The topological polar surface area (TPSA) is 62.1 Å². The van der Waals surface area contributed by atoms with Gasteiger partial charge in [0.25, 0.3) is 0 Å². The Kier molecular flexibility index (Phi) is 3.31. The zero-order valence-corrected chi connectivity index (χ0v) is 14.8. The van der Waals surface area contributed by atoms with Crippen molar-refractivity contribution >= 4 is 11.3 Å². The highest BCUT2D eigenvalue weighted by molar-refractivity contribution is 5.54. The molecule has 0 amide bonds. The number of aromatic amines is 1. The fourth-order valence-corrected chi connectivity index (χ4v) is 3.76. The molecule has 0 saturated heterocycles. The maximum atomic E-state index is 4.90. The number of rotatable bonds is 2. The van der Waals surface area contributed by atoms with Gasteiger partial charge in [-0.2, -0.15) is 5.10 Å². The summed E-state index contributed by atoms with van der Waals surface area (Å²) in [6, 6.07) is 12.5. The first-order valence-electron chi connectivity index (χ1n) is 8.87. The van der Waals surface area contributed by atoms with Crippen molar-refractivity contribution in [2.24, 2.45) is 0 Å². The second-order valence-corrected chi connectivity index (χ2v) is 6.88. The lowest BCUT2D eigenvalue weighted by Gasteiger charge is -2.34. The number of H-pyrrole nitrogens is 1. The molecule has 130 valence electrons. The Labute approximate surface area is 151 Å². The standard InChI is InChI=1S/C20H20N6/c1-13-6-7-18(21-11-13)25-9-8-16-19(23-12-22-16)20(25)17-10-15-5-3-4-14(2)26(15)24-17/h3-7,10-12,20H,8-9H2,1-2H3,(H,22,23)/t20-/m1/s1. The van der Waals surface area contributed by atoms with Gasteiger partial charge < -0.3 is 9.88 Å². The summed E-state index contributed by atoms with van der Waals surface area (Å²) < 4.78 is 2.00. The Morgan fingerprint density at radius 1 is 1.12 bits per heavy atom. The summed E-state index contributed by atoms with van der Waals surface area (Å²) in [4.78, 5) is 14.9. The van der Waals surface area contributed by atoms with E-state index in [2.05, 4.69) is 70.1 Å². The molecule has 26 heavy (non-hydrogen) atoms. The molecule has 1 aliphatic heterocycles. The molecule has 0 spiro atoms. The van der Waals surface area contributed by atoms with Crippen molar-refractivity contribution < 1.29 is 0 Å². The third-order valence-corrected chi connectivity index (χ3v) is 5.09. The first-order valence-corrected chi connectivity index (χ1v) is 8.87. The van der Waals surface area contributed by atoms with Crippen LogP contribution in [-0.2, 0) is 6.42 Å². The van der Waals surface area contributed by atoms with Gasteiger partial charge in [-0.25, -0.2) is 14.5 Å². The van der Waals surface area contributed by atoms with Crippen molar-refractivity contribution in [3.63, 3.8) is 0 Å². The maximum Gasteiger partial charge on any atom is 0.129 e. The fourth-order valence-electron chi connectivity index (χ4n) is 3.76. The fraction of sp³-hybridized carbons (Fsp3) is 0.250. The summed E-state index contributed by atoms with van der Waals surface area (Å²) in [5, 5.41) is 4.90. The second kappa shape index (κ2) is 5.69. The van der Waals surface area contributed by atoms with E-state index in [1.807, 2.05) is 10.7 Å². The molecule has 0 radical (unpaired) electrons. The van der Waals surface area contributed by atoms with Crippen LogP contribution in [0.3, 0.4) is 0 Å². The average Bonchev–Trinajstić information content (AvgIpc) is 3.29. The van der Waals surface area contributed by atoms with Gasteiger partial charge in [-0.3, -0.25) is 0 Å². The number of pyridine rings is 2. The quantitative estimate of drug-likeness (QED) is 0.606. The van der Waals surface area contributed by atoms with Gasteiger partial charge in [-0.05, 0) is 43.7 Å². The van der Waals surface area contributed by atoms with Gasteiger partial charge >= 0.3 is 0 Å². The highest BCUT2D eigenvalue weighted by atomic mass is 15.3. The maximum absolute atomic E-state index is 4.90. The Morgan fingerprint density at radius 3 is 2.85 bits per heavy atom. The number of aryl methyl sites for hydroxylation is 2. The number of anilines is 1. The second-order valence-electron chi connectivity index (χ2n) is 6.88. The van der Waals surface area contributed by atoms with Crippen molar-refractivity contribution in [3.05, 3.63) is 77.3 Å². The van der Waals surface area contributed by atoms with Crippen LogP contribution in [-0.4, -0.2) is 31.1 Å². The van der Waals surface area contributed by atoms with E-state index in [1.54, 1.807) is 6.33 Å². The molecule has 4 aromatic heterocycles. The molecule has 0 aromatic carbocycles. The summed E-state index contributed by atoms with van der Waals surface area (Å²) in [5.74, 6) is 0.961. The number of nitrogens with one attached hydrogen (secondary N) is 1. The zero-order valence-electron chi connectivity index (χ0n) is 14.8. The third-order valence-electron chi connectivity index (χ3n) is 5.09. The lowest BCUT2D eigenvalue weighted by molar-refractivity contribution is 0.609. The minimum Gasteiger partial charge on any atom is -0.348 e. The molecule has 6 heteroatoms. The first kappa shape index (κ1) is 15.1. The minimum absolute atomic E-state index is 0.0421. The van der Waals surface area contributed by atoms with E-state index < -0.39 is 0 Å². The smallest absolute Gasteiger partial charge is 0.129 e. The van der Waals surface area contributed by atoms with Crippen LogP contribution >= 0.6 is 0 Å². The predicted octanol–water partition coefficient (Wildman–Crippen LogP) is 3.22. The molecular weight excluding hydrogens is 324 g/mol. The molecule has 0 bridgehead atoms. The molecule has 0 unspecified atom stereocenters. The van der Waals surface area contributed by atoms with E-state index in [0.717, 1.165) is 46.9 Å². The largest absolute Gasteiger partial charge is 0.348 e. The number of fused-ring (bicyclic) bond motifs is 2. The molecule has 1 N–H and O–H groups in total. The van der Waals surface area contributed by atoms with Gasteiger partial charge in [0, 0.05) is 30.6 Å². The lowest BCUT2D eigenvalue weighted by atomic mass is 9.99. The third kappa shape index (κ3) is 2.29. The van der Waals surface area contributed by atoms with Crippen LogP contribution in [0.15, 0.2) is 48.9 Å². The summed E-state index contributed by atoms with van der Waals surface area (Å²) in [7, 11) is 0. The molecule has 4 aromatic rings. The number of nitrogens with zero attached hydrogens (tertiary/aromatic N) is 5. The lowest BCUT2D eigenvalue weighted by Crippen LogP contribution is -2.37. The number of hydrogen-bond donors (Lipinski definition) is 1. The van der Waals surface area contributed by atoms with Gasteiger partial charge in [0.05, 0.1) is 23.2 Å². The van der Waals surface area contributed by atoms with Crippen LogP contribution < -0.4 is 4.90 Å². The average molecular weight is 344 g/mol. The van der Waals surface area contributed by atoms with Crippen molar-refractivity contribution in [1.29, 1.82) is 0 Å². The highest BCUT2D eigenvalue weighted by Crippen LogP contribution is 2.35. The van der Waals surface area contributed by atoms with E-state index in [0.29, 0.717) is 0 Å². The number of aromatic nitrogens is 5. The summed E-state index contributed by atoms with van der Waals surface area (Å²) >= 11 is 0. The van der Waals surface area contributed by atoms with Crippen LogP contribution in [0.2, 0.25) is 0 Å². The van der Waals surface area contributed by atoms with Crippen LogP contribution in [0.25, 0.3) is 5.52 Å². The van der Waals surface area contributed by atoms with Gasteiger partial charge in [0.15, 0.2) is 0 Å². The molecule has 1 atom stereocenters. The van der Waals surface area contributed by atoms with Crippen LogP contribution in [0, 0.1) is 13.8 Å². The Morgan fingerprint density at radius 2 is 2.04 bits per heavy atom. The summed E-state index contributed by atoms with van der Waals surface area (Å²) in [6.45, 7) is 5.01. The van der Waals surface area contributed by atoms with E-state index in [9.17, 15) is 0 Å². The van der Waals surface area contributed by atoms with Gasteiger partial charge in [0.1, 0.15) is 11.9 Å². The molecule has 0 aliphatic carbocycles. The summed E-state index contributed by atoms with van der Waals surface area (Å²) in [5.41, 5.74) is 6.60. The van der Waals surface area contributed by atoms with Crippen molar-refractivity contribution in [2.75, 3.05) is 11.4 Å². The molecule has 1 aliphatic rings.